The van der Waals surface area contributed by atoms with E-state index in [1.165, 1.54) is 6.42 Å². The molecule has 1 saturated heterocycles. The second-order valence-corrected chi connectivity index (χ2v) is 8.08. The van der Waals surface area contributed by atoms with Crippen LogP contribution in [0.1, 0.15) is 35.5 Å². The number of piperidine rings is 1. The Morgan fingerprint density at radius 2 is 2.19 bits per heavy atom. The molecule has 2 aromatic rings. The number of likely N-dealkylation sites (tertiary alicyclic amines) is 1. The highest BCUT2D eigenvalue weighted by Crippen LogP contribution is 2.25. The number of H-pyrrole nitrogens is 1. The third-order valence-corrected chi connectivity index (χ3v) is 6.13. The summed E-state index contributed by atoms with van der Waals surface area (Å²) in [6.07, 6.45) is 3.11. The molecule has 0 spiro atoms. The fraction of sp³-hybridized carbons (Fsp3) is 0.611. The average molecular weight is 399 g/mol. The molecule has 1 unspecified atom stereocenters. The molecule has 3 heterocycles. The molecular formula is C18H27ClN4O2S. The molecule has 1 aliphatic rings. The highest BCUT2D eigenvalue weighted by molar-refractivity contribution is 7.18. The van der Waals surface area contributed by atoms with E-state index in [-0.39, 0.29) is 23.9 Å². The van der Waals surface area contributed by atoms with Gasteiger partial charge in [0, 0.05) is 30.8 Å². The molecule has 1 amide bonds. The molecule has 26 heavy (non-hydrogen) atoms. The van der Waals surface area contributed by atoms with Gasteiger partial charge in [-0.1, -0.05) is 0 Å². The minimum absolute atomic E-state index is 0. The molecule has 144 valence electrons. The molecule has 0 aliphatic carbocycles. The van der Waals surface area contributed by atoms with Crippen LogP contribution in [-0.4, -0.2) is 47.5 Å². The predicted octanol–water partition coefficient (Wildman–Crippen LogP) is 2.41. The van der Waals surface area contributed by atoms with Crippen molar-refractivity contribution in [1.29, 1.82) is 0 Å². The van der Waals surface area contributed by atoms with Crippen molar-refractivity contribution in [3.8, 4) is 0 Å². The number of carbonyl (C=O) groups is 1. The van der Waals surface area contributed by atoms with E-state index >= 15 is 0 Å². The van der Waals surface area contributed by atoms with E-state index in [2.05, 4.69) is 15.3 Å². The fourth-order valence-corrected chi connectivity index (χ4v) is 4.60. The molecule has 0 radical (unpaired) electrons. The van der Waals surface area contributed by atoms with Crippen molar-refractivity contribution in [2.45, 2.75) is 39.5 Å². The van der Waals surface area contributed by atoms with Gasteiger partial charge in [-0.25, -0.2) is 4.98 Å². The summed E-state index contributed by atoms with van der Waals surface area (Å²) >= 11 is 1.54. The van der Waals surface area contributed by atoms with Crippen LogP contribution in [0.15, 0.2) is 4.79 Å². The molecule has 1 aliphatic heterocycles. The number of aromatic amines is 1. The van der Waals surface area contributed by atoms with Crippen LogP contribution in [-0.2, 0) is 11.2 Å². The third kappa shape index (κ3) is 4.45. The van der Waals surface area contributed by atoms with E-state index in [0.717, 1.165) is 41.3 Å². The van der Waals surface area contributed by atoms with Crippen LogP contribution in [0.5, 0.6) is 0 Å². The van der Waals surface area contributed by atoms with Crippen molar-refractivity contribution in [3.05, 3.63) is 26.6 Å². The maximum atomic E-state index is 12.5. The average Bonchev–Trinajstić information content (AvgIpc) is 2.88. The van der Waals surface area contributed by atoms with Crippen molar-refractivity contribution in [2.75, 3.05) is 26.7 Å². The Morgan fingerprint density at radius 1 is 1.42 bits per heavy atom. The van der Waals surface area contributed by atoms with Crippen LogP contribution < -0.4 is 10.9 Å². The lowest BCUT2D eigenvalue weighted by Gasteiger charge is -2.32. The van der Waals surface area contributed by atoms with Crippen LogP contribution in [0, 0.1) is 19.8 Å². The molecule has 0 aromatic carbocycles. The monoisotopic (exact) mass is 398 g/mol. The zero-order valence-electron chi connectivity index (χ0n) is 15.6. The summed E-state index contributed by atoms with van der Waals surface area (Å²) in [7, 11) is 1.95. The normalized spacial score (nSPS) is 17.3. The van der Waals surface area contributed by atoms with Crippen molar-refractivity contribution in [1.82, 2.24) is 20.2 Å². The second kappa shape index (κ2) is 8.97. The summed E-state index contributed by atoms with van der Waals surface area (Å²) in [5.74, 6) is 1.30. The summed E-state index contributed by atoms with van der Waals surface area (Å²) in [6.45, 7) is 6.57. The number of nitrogens with zero attached hydrogens (tertiary/aromatic N) is 2. The summed E-state index contributed by atoms with van der Waals surface area (Å²) in [6, 6.07) is 0. The Kier molecular flexibility index (Phi) is 7.20. The molecule has 1 fully saturated rings. The van der Waals surface area contributed by atoms with Crippen molar-refractivity contribution < 1.29 is 4.79 Å². The van der Waals surface area contributed by atoms with Crippen LogP contribution >= 0.6 is 23.7 Å². The standard InChI is InChI=1S/C18H26N4O2S.ClH/c1-11-12(2)25-18-16(11)17(24)20-14(21-18)6-7-15(23)22-8-4-5-13(10-22)9-19-3;/h13,19H,4-10H2,1-3H3,(H,20,21,24);1H. The molecule has 1 atom stereocenters. The number of halogens is 1. The summed E-state index contributed by atoms with van der Waals surface area (Å²) in [5.41, 5.74) is 0.904. The summed E-state index contributed by atoms with van der Waals surface area (Å²) < 4.78 is 0. The number of rotatable bonds is 5. The maximum Gasteiger partial charge on any atom is 0.259 e. The van der Waals surface area contributed by atoms with E-state index in [4.69, 9.17) is 0 Å². The molecule has 0 saturated carbocycles. The van der Waals surface area contributed by atoms with Crippen molar-refractivity contribution >= 4 is 39.9 Å². The van der Waals surface area contributed by atoms with Gasteiger partial charge in [-0.15, -0.1) is 23.7 Å². The number of aromatic nitrogens is 2. The number of aryl methyl sites for hydroxylation is 3. The van der Waals surface area contributed by atoms with Gasteiger partial charge >= 0.3 is 0 Å². The van der Waals surface area contributed by atoms with Gasteiger partial charge in [0.15, 0.2) is 0 Å². The molecule has 0 bridgehead atoms. The topological polar surface area (TPSA) is 78.1 Å². The van der Waals surface area contributed by atoms with Gasteiger partial charge in [-0.05, 0) is 51.8 Å². The zero-order chi connectivity index (χ0) is 18.0. The maximum absolute atomic E-state index is 12.5. The minimum Gasteiger partial charge on any atom is -0.342 e. The number of fused-ring (bicyclic) bond motifs is 1. The second-order valence-electron chi connectivity index (χ2n) is 6.88. The van der Waals surface area contributed by atoms with Gasteiger partial charge in [-0.2, -0.15) is 0 Å². The lowest BCUT2D eigenvalue weighted by atomic mass is 9.97. The molecular weight excluding hydrogens is 372 g/mol. The number of amides is 1. The van der Waals surface area contributed by atoms with Crippen LogP contribution in [0.25, 0.3) is 10.2 Å². The van der Waals surface area contributed by atoms with Gasteiger partial charge < -0.3 is 15.2 Å². The Labute approximate surface area is 163 Å². The van der Waals surface area contributed by atoms with Gasteiger partial charge in [0.1, 0.15) is 10.7 Å². The Hall–Kier alpha value is -1.44. The van der Waals surface area contributed by atoms with Gasteiger partial charge in [0.05, 0.1) is 5.39 Å². The largest absolute Gasteiger partial charge is 0.342 e. The summed E-state index contributed by atoms with van der Waals surface area (Å²) in [4.78, 5) is 36.1. The quantitative estimate of drug-likeness (QED) is 0.810. The number of thiophene rings is 1. The molecule has 2 aromatic heterocycles. The number of hydrogen-bond donors (Lipinski definition) is 2. The van der Waals surface area contributed by atoms with Crippen molar-refractivity contribution in [2.24, 2.45) is 5.92 Å². The third-order valence-electron chi connectivity index (χ3n) is 5.03. The first-order valence-corrected chi connectivity index (χ1v) is 9.72. The van der Waals surface area contributed by atoms with Gasteiger partial charge in [0.2, 0.25) is 5.91 Å². The molecule has 6 nitrogen and oxygen atoms in total. The minimum atomic E-state index is -0.0960. The fourth-order valence-electron chi connectivity index (χ4n) is 3.55. The van der Waals surface area contributed by atoms with Crippen LogP contribution in [0.3, 0.4) is 0 Å². The van der Waals surface area contributed by atoms with Gasteiger partial charge in [0.25, 0.3) is 5.56 Å². The lowest BCUT2D eigenvalue weighted by Crippen LogP contribution is -2.42. The van der Waals surface area contributed by atoms with Gasteiger partial charge in [-0.3, -0.25) is 9.59 Å². The Bertz CT molecular complexity index is 830. The van der Waals surface area contributed by atoms with E-state index in [1.807, 2.05) is 25.8 Å². The molecule has 3 rings (SSSR count). The summed E-state index contributed by atoms with van der Waals surface area (Å²) in [5, 5.41) is 3.88. The van der Waals surface area contributed by atoms with E-state index in [9.17, 15) is 9.59 Å². The van der Waals surface area contributed by atoms with E-state index < -0.39 is 0 Å². The lowest BCUT2D eigenvalue weighted by molar-refractivity contribution is -0.132. The molecule has 8 heteroatoms. The first kappa shape index (κ1) is 20.9. The number of hydrogen-bond acceptors (Lipinski definition) is 5. The Balaban J connectivity index is 0.00000243. The number of nitrogens with one attached hydrogen (secondary N) is 2. The smallest absolute Gasteiger partial charge is 0.259 e. The van der Waals surface area contributed by atoms with E-state index in [1.54, 1.807) is 11.3 Å². The SMILES string of the molecule is CNCC1CCCN(C(=O)CCc2nc3sc(C)c(C)c3c(=O)[nH]2)C1.Cl. The van der Waals surface area contributed by atoms with Crippen molar-refractivity contribution in [3.63, 3.8) is 0 Å². The molecule has 2 N–H and O–H groups in total. The van der Waals surface area contributed by atoms with E-state index in [0.29, 0.717) is 30.0 Å². The highest BCUT2D eigenvalue weighted by Gasteiger charge is 2.23. The first-order chi connectivity index (χ1) is 12.0. The van der Waals surface area contributed by atoms with Crippen LogP contribution in [0.4, 0.5) is 0 Å². The Morgan fingerprint density at radius 3 is 2.92 bits per heavy atom. The van der Waals surface area contributed by atoms with Crippen LogP contribution in [0.2, 0.25) is 0 Å². The highest BCUT2D eigenvalue weighted by atomic mass is 35.5. The number of carbonyl (C=O) groups excluding carboxylic acids is 1. The predicted molar refractivity (Wildman–Crippen MR) is 109 cm³/mol. The zero-order valence-corrected chi connectivity index (χ0v) is 17.2. The first-order valence-electron chi connectivity index (χ1n) is 8.91.